The summed E-state index contributed by atoms with van der Waals surface area (Å²) >= 11 is 0. The number of carbonyl (C=O) groups is 1. The smallest absolute Gasteiger partial charge is 0.219 e. The van der Waals surface area contributed by atoms with Crippen molar-refractivity contribution < 1.29 is 13.9 Å². The molecule has 0 spiro atoms. The van der Waals surface area contributed by atoms with Crippen molar-refractivity contribution in [1.82, 2.24) is 10.3 Å². The highest BCUT2D eigenvalue weighted by molar-refractivity contribution is 5.90. The van der Waals surface area contributed by atoms with E-state index in [-0.39, 0.29) is 23.7 Å². The minimum atomic E-state index is -0.313. The van der Waals surface area contributed by atoms with E-state index in [4.69, 9.17) is 4.74 Å². The molecule has 0 saturated heterocycles. The number of hydrogen-bond acceptors (Lipinski definition) is 2. The summed E-state index contributed by atoms with van der Waals surface area (Å²) in [4.78, 5) is 14.6. The first-order chi connectivity index (χ1) is 10.5. The summed E-state index contributed by atoms with van der Waals surface area (Å²) in [6, 6.07) is 1.49. The summed E-state index contributed by atoms with van der Waals surface area (Å²) in [5, 5.41) is 3.96. The average Bonchev–Trinajstić information content (AvgIpc) is 3.07. The summed E-state index contributed by atoms with van der Waals surface area (Å²) in [5.74, 6) is 0.257. The number of ether oxygens (including phenoxy) is 1. The molecule has 0 radical (unpaired) electrons. The largest absolute Gasteiger partial charge is 0.487 e. The molecule has 22 heavy (non-hydrogen) atoms. The number of aromatic nitrogens is 1. The summed E-state index contributed by atoms with van der Waals surface area (Å²) in [6.07, 6.45) is 3.10. The van der Waals surface area contributed by atoms with Gasteiger partial charge in [-0.2, -0.15) is 0 Å². The Bertz CT molecular complexity index is 723. The lowest BCUT2D eigenvalue weighted by molar-refractivity contribution is -0.120. The zero-order valence-electron chi connectivity index (χ0n) is 13.1. The monoisotopic (exact) mass is 304 g/mol. The van der Waals surface area contributed by atoms with Gasteiger partial charge in [-0.15, -0.1) is 0 Å². The molecule has 2 aromatic rings. The maximum absolute atomic E-state index is 14.1. The number of rotatable bonds is 4. The van der Waals surface area contributed by atoms with Gasteiger partial charge in [0.2, 0.25) is 5.91 Å². The molecule has 1 aromatic carbocycles. The molecular weight excluding hydrogens is 283 g/mol. The van der Waals surface area contributed by atoms with Gasteiger partial charge < -0.3 is 15.0 Å². The molecule has 0 bridgehead atoms. The molecule has 2 unspecified atom stereocenters. The van der Waals surface area contributed by atoms with Crippen LogP contribution in [0, 0.1) is 5.82 Å². The Balaban J connectivity index is 1.98. The van der Waals surface area contributed by atoms with Crippen molar-refractivity contribution >= 4 is 16.8 Å². The van der Waals surface area contributed by atoms with E-state index >= 15 is 0 Å². The van der Waals surface area contributed by atoms with Gasteiger partial charge in [-0.1, -0.05) is 13.8 Å². The predicted octanol–water partition coefficient (Wildman–Crippen LogP) is 3.26. The van der Waals surface area contributed by atoms with Crippen LogP contribution in [0.3, 0.4) is 0 Å². The van der Waals surface area contributed by atoms with Crippen LogP contribution in [0.5, 0.6) is 5.75 Å². The Morgan fingerprint density at radius 3 is 3.09 bits per heavy atom. The third-order valence-electron chi connectivity index (χ3n) is 4.27. The summed E-state index contributed by atoms with van der Waals surface area (Å²) < 4.78 is 19.7. The standard InChI is InChI=1S/C17H21FN2O2/c1-4-15(21)20-7-9(2)12-8-19-14-6-13(18)17-11(16(12)14)5-10(3)22-17/h6,8-10,19H,4-5,7H2,1-3H3,(H,20,21). The molecule has 3 rings (SSSR count). The zero-order chi connectivity index (χ0) is 15.9. The molecule has 0 saturated carbocycles. The quantitative estimate of drug-likeness (QED) is 0.911. The number of amides is 1. The van der Waals surface area contributed by atoms with Gasteiger partial charge in [0.25, 0.3) is 0 Å². The van der Waals surface area contributed by atoms with E-state index < -0.39 is 0 Å². The van der Waals surface area contributed by atoms with E-state index in [1.165, 1.54) is 6.07 Å². The van der Waals surface area contributed by atoms with Crippen LogP contribution in [0.2, 0.25) is 0 Å². The van der Waals surface area contributed by atoms with Crippen LogP contribution in [0.15, 0.2) is 12.3 Å². The molecule has 1 aliphatic heterocycles. The van der Waals surface area contributed by atoms with E-state index in [1.807, 2.05) is 20.0 Å². The molecule has 1 aromatic heterocycles. The van der Waals surface area contributed by atoms with Gasteiger partial charge in [-0.3, -0.25) is 4.79 Å². The van der Waals surface area contributed by atoms with Crippen molar-refractivity contribution in [3.05, 3.63) is 29.2 Å². The maximum Gasteiger partial charge on any atom is 0.219 e. The first kappa shape index (κ1) is 14.9. The number of hydrogen-bond donors (Lipinski definition) is 2. The Kier molecular flexibility index (Phi) is 3.81. The number of carbonyl (C=O) groups excluding carboxylic acids is 1. The van der Waals surface area contributed by atoms with Gasteiger partial charge in [0.1, 0.15) is 6.10 Å². The van der Waals surface area contributed by atoms with Gasteiger partial charge in [0.05, 0.1) is 0 Å². The molecule has 1 aliphatic rings. The fourth-order valence-electron chi connectivity index (χ4n) is 3.10. The van der Waals surface area contributed by atoms with Crippen molar-refractivity contribution in [3.8, 4) is 5.75 Å². The van der Waals surface area contributed by atoms with Crippen LogP contribution in [-0.4, -0.2) is 23.5 Å². The highest BCUT2D eigenvalue weighted by Crippen LogP contribution is 2.40. The molecule has 118 valence electrons. The Labute approximate surface area is 129 Å². The molecule has 2 atom stereocenters. The molecule has 2 N–H and O–H groups in total. The van der Waals surface area contributed by atoms with Crippen LogP contribution in [-0.2, 0) is 11.2 Å². The van der Waals surface area contributed by atoms with E-state index in [1.54, 1.807) is 0 Å². The van der Waals surface area contributed by atoms with Crippen LogP contribution in [0.25, 0.3) is 10.9 Å². The maximum atomic E-state index is 14.1. The highest BCUT2D eigenvalue weighted by atomic mass is 19.1. The molecule has 0 fully saturated rings. The van der Waals surface area contributed by atoms with Crippen LogP contribution in [0.1, 0.15) is 44.2 Å². The van der Waals surface area contributed by atoms with Crippen molar-refractivity contribution in [2.75, 3.05) is 6.54 Å². The molecule has 1 amide bonds. The molecular formula is C17H21FN2O2. The van der Waals surface area contributed by atoms with Gasteiger partial charge in [0, 0.05) is 54.0 Å². The first-order valence-electron chi connectivity index (χ1n) is 7.77. The Hall–Kier alpha value is -2.04. The molecule has 4 nitrogen and oxygen atoms in total. The van der Waals surface area contributed by atoms with E-state index in [0.717, 1.165) is 22.0 Å². The SMILES string of the molecule is CCC(=O)NCC(C)c1c[nH]c2cc(F)c3c(c12)CC(C)O3. The van der Waals surface area contributed by atoms with E-state index in [0.29, 0.717) is 25.1 Å². The van der Waals surface area contributed by atoms with Crippen molar-refractivity contribution in [1.29, 1.82) is 0 Å². The fraction of sp³-hybridized carbons (Fsp3) is 0.471. The van der Waals surface area contributed by atoms with E-state index in [9.17, 15) is 9.18 Å². The normalized spacial score (nSPS) is 18.1. The van der Waals surface area contributed by atoms with Crippen LogP contribution >= 0.6 is 0 Å². The van der Waals surface area contributed by atoms with Crippen molar-refractivity contribution in [2.24, 2.45) is 0 Å². The summed E-state index contributed by atoms with van der Waals surface area (Å²) in [6.45, 7) is 6.41. The lowest BCUT2D eigenvalue weighted by Gasteiger charge is -2.13. The van der Waals surface area contributed by atoms with Crippen LogP contribution < -0.4 is 10.1 Å². The minimum Gasteiger partial charge on any atom is -0.487 e. The van der Waals surface area contributed by atoms with Crippen molar-refractivity contribution in [3.63, 3.8) is 0 Å². The van der Waals surface area contributed by atoms with Crippen molar-refractivity contribution in [2.45, 2.75) is 45.6 Å². The number of H-pyrrole nitrogens is 1. The Morgan fingerprint density at radius 2 is 2.36 bits per heavy atom. The van der Waals surface area contributed by atoms with Gasteiger partial charge >= 0.3 is 0 Å². The molecule has 2 heterocycles. The number of nitrogens with one attached hydrogen (secondary N) is 2. The second kappa shape index (κ2) is 5.63. The third-order valence-corrected chi connectivity index (χ3v) is 4.27. The average molecular weight is 304 g/mol. The minimum absolute atomic E-state index is 0.00653. The topological polar surface area (TPSA) is 54.1 Å². The molecule has 0 aliphatic carbocycles. The van der Waals surface area contributed by atoms with Crippen LogP contribution in [0.4, 0.5) is 4.39 Å². The first-order valence-corrected chi connectivity index (χ1v) is 7.77. The second-order valence-electron chi connectivity index (χ2n) is 6.02. The fourth-order valence-corrected chi connectivity index (χ4v) is 3.10. The number of aromatic amines is 1. The highest BCUT2D eigenvalue weighted by Gasteiger charge is 2.28. The van der Waals surface area contributed by atoms with E-state index in [2.05, 4.69) is 17.2 Å². The summed E-state index contributed by atoms with van der Waals surface area (Å²) in [5.41, 5.74) is 2.82. The van der Waals surface area contributed by atoms with Gasteiger partial charge in [0.15, 0.2) is 11.6 Å². The van der Waals surface area contributed by atoms with Gasteiger partial charge in [-0.25, -0.2) is 4.39 Å². The Morgan fingerprint density at radius 1 is 1.59 bits per heavy atom. The van der Waals surface area contributed by atoms with Gasteiger partial charge in [-0.05, 0) is 12.5 Å². The number of fused-ring (bicyclic) bond motifs is 3. The summed E-state index contributed by atoms with van der Waals surface area (Å²) in [7, 11) is 0. The third kappa shape index (κ3) is 2.45. The lowest BCUT2D eigenvalue weighted by atomic mass is 9.95. The predicted molar refractivity (Wildman–Crippen MR) is 83.8 cm³/mol. The number of benzene rings is 1. The second-order valence-corrected chi connectivity index (χ2v) is 6.02. The molecule has 5 heteroatoms. The lowest BCUT2D eigenvalue weighted by Crippen LogP contribution is -2.26. The zero-order valence-corrected chi connectivity index (χ0v) is 13.1. The number of halogens is 1.